The minimum Gasteiger partial charge on any atom is -0.386 e. The summed E-state index contributed by atoms with van der Waals surface area (Å²) in [4.78, 5) is 4.41. The van der Waals surface area contributed by atoms with Crippen molar-refractivity contribution in [3.05, 3.63) is 42.1 Å². The molecule has 0 bridgehead atoms. The van der Waals surface area contributed by atoms with Crippen LogP contribution in [0.3, 0.4) is 0 Å². The number of benzene rings is 1. The second-order valence-corrected chi connectivity index (χ2v) is 4.02. The number of fused-ring (bicyclic) bond motifs is 1. The van der Waals surface area contributed by atoms with Crippen molar-refractivity contribution in [1.82, 2.24) is 4.98 Å². The molecule has 1 aromatic carbocycles. The molecule has 0 atom stereocenters. The van der Waals surface area contributed by atoms with Crippen LogP contribution in [-0.2, 0) is 0 Å². The van der Waals surface area contributed by atoms with Gasteiger partial charge in [0.25, 0.3) is 0 Å². The lowest BCUT2D eigenvalue weighted by Crippen LogP contribution is -2.17. The molecule has 0 unspecified atom stereocenters. The van der Waals surface area contributed by atoms with Gasteiger partial charge in [-0.15, -0.1) is 5.10 Å². The van der Waals surface area contributed by atoms with Gasteiger partial charge in [-0.3, -0.25) is 4.98 Å². The van der Waals surface area contributed by atoms with Gasteiger partial charge in [-0.2, -0.15) is 5.10 Å². The molecule has 0 fully saturated rings. The van der Waals surface area contributed by atoms with E-state index in [0.29, 0.717) is 5.84 Å². The Morgan fingerprint density at radius 1 is 1.00 bits per heavy atom. The van der Waals surface area contributed by atoms with E-state index in [-0.39, 0.29) is 0 Å². The molecule has 3 rings (SSSR count). The minimum atomic E-state index is 0.599. The van der Waals surface area contributed by atoms with Gasteiger partial charge >= 0.3 is 0 Å². The number of nitrogens with two attached hydrogens (primary N) is 1. The van der Waals surface area contributed by atoms with Gasteiger partial charge in [0, 0.05) is 23.6 Å². The summed E-state index contributed by atoms with van der Waals surface area (Å²) >= 11 is 0. The summed E-state index contributed by atoms with van der Waals surface area (Å²) < 4.78 is 0. The first-order chi connectivity index (χ1) is 8.34. The topological polar surface area (TPSA) is 63.6 Å². The van der Waals surface area contributed by atoms with Crippen LogP contribution in [0.1, 0.15) is 18.4 Å². The van der Waals surface area contributed by atoms with Crippen LogP contribution < -0.4 is 5.73 Å². The number of hydrogen-bond acceptors (Lipinski definition) is 4. The third kappa shape index (κ3) is 1.78. The molecule has 2 heterocycles. The normalized spacial score (nSPS) is 15.5. The predicted octanol–water partition coefficient (Wildman–Crippen LogP) is 2.09. The van der Waals surface area contributed by atoms with Crippen LogP contribution in [-0.4, -0.2) is 16.5 Å². The van der Waals surface area contributed by atoms with Crippen molar-refractivity contribution >= 4 is 22.5 Å². The lowest BCUT2D eigenvalue weighted by molar-refractivity contribution is 1.02. The summed E-state index contributed by atoms with van der Waals surface area (Å²) in [5, 5.41) is 9.24. The van der Waals surface area contributed by atoms with Crippen molar-refractivity contribution in [2.75, 3.05) is 0 Å². The average Bonchev–Trinajstić information content (AvgIpc) is 2.39. The molecule has 4 heteroatoms. The molecule has 0 radical (unpaired) electrons. The molecular weight excluding hydrogens is 212 g/mol. The van der Waals surface area contributed by atoms with Crippen LogP contribution in [0.5, 0.6) is 0 Å². The van der Waals surface area contributed by atoms with Gasteiger partial charge in [0.05, 0.1) is 11.2 Å². The van der Waals surface area contributed by atoms with Crippen LogP contribution >= 0.6 is 0 Å². The van der Waals surface area contributed by atoms with Crippen LogP contribution in [0.15, 0.2) is 46.7 Å². The van der Waals surface area contributed by atoms with Crippen molar-refractivity contribution < 1.29 is 0 Å². The zero-order valence-electron chi connectivity index (χ0n) is 9.30. The second kappa shape index (κ2) is 3.97. The van der Waals surface area contributed by atoms with E-state index in [1.54, 1.807) is 6.20 Å². The standard InChI is InChI=1S/C13H12N4/c14-12-7-6-11(16-17-12)10-5-1-3-9-4-2-8-15-13(9)10/h1-5,8H,6-7H2,(H2,14,17). The van der Waals surface area contributed by atoms with Gasteiger partial charge in [-0.1, -0.05) is 24.3 Å². The highest BCUT2D eigenvalue weighted by Crippen LogP contribution is 2.20. The molecule has 0 saturated carbocycles. The molecule has 0 amide bonds. The van der Waals surface area contributed by atoms with E-state index in [1.165, 1.54) is 0 Å². The molecule has 0 saturated heterocycles. The maximum atomic E-state index is 5.61. The third-order valence-electron chi connectivity index (χ3n) is 2.86. The lowest BCUT2D eigenvalue weighted by atomic mass is 10.0. The maximum Gasteiger partial charge on any atom is 0.122 e. The number of aromatic nitrogens is 1. The summed E-state index contributed by atoms with van der Waals surface area (Å²) in [7, 11) is 0. The van der Waals surface area contributed by atoms with Crippen molar-refractivity contribution in [1.29, 1.82) is 0 Å². The van der Waals surface area contributed by atoms with Gasteiger partial charge in [0.2, 0.25) is 0 Å². The number of nitrogens with zero attached hydrogens (tertiary/aromatic N) is 3. The first-order valence-corrected chi connectivity index (χ1v) is 5.57. The minimum absolute atomic E-state index is 0.599. The molecule has 2 aromatic rings. The molecule has 1 aliphatic rings. The highest BCUT2D eigenvalue weighted by molar-refractivity contribution is 6.11. The molecule has 0 spiro atoms. The van der Waals surface area contributed by atoms with Gasteiger partial charge < -0.3 is 5.73 Å². The first kappa shape index (κ1) is 9.96. The van der Waals surface area contributed by atoms with E-state index in [9.17, 15) is 0 Å². The van der Waals surface area contributed by atoms with Crippen molar-refractivity contribution in [2.45, 2.75) is 12.8 Å². The largest absolute Gasteiger partial charge is 0.386 e. The van der Waals surface area contributed by atoms with E-state index in [2.05, 4.69) is 15.2 Å². The van der Waals surface area contributed by atoms with E-state index in [1.807, 2.05) is 30.3 Å². The predicted molar refractivity (Wildman–Crippen MR) is 69.1 cm³/mol. The monoisotopic (exact) mass is 224 g/mol. The Morgan fingerprint density at radius 3 is 2.71 bits per heavy atom. The lowest BCUT2D eigenvalue weighted by Gasteiger charge is -2.11. The molecule has 1 aliphatic heterocycles. The fraction of sp³-hybridized carbons (Fsp3) is 0.154. The smallest absolute Gasteiger partial charge is 0.122 e. The van der Waals surface area contributed by atoms with E-state index >= 15 is 0 Å². The van der Waals surface area contributed by atoms with Crippen molar-refractivity contribution in [2.24, 2.45) is 15.9 Å². The van der Waals surface area contributed by atoms with E-state index < -0.39 is 0 Å². The second-order valence-electron chi connectivity index (χ2n) is 4.02. The summed E-state index contributed by atoms with van der Waals surface area (Å²) in [5.41, 5.74) is 8.61. The SMILES string of the molecule is NC1=NN=C(c2cccc3cccnc23)CC1. The molecule has 17 heavy (non-hydrogen) atoms. The summed E-state index contributed by atoms with van der Waals surface area (Å²) in [5.74, 6) is 0.599. The number of para-hydroxylation sites is 1. The maximum absolute atomic E-state index is 5.61. The Labute approximate surface area is 98.9 Å². The zero-order chi connectivity index (χ0) is 11.7. The van der Waals surface area contributed by atoms with E-state index in [0.717, 1.165) is 35.0 Å². The van der Waals surface area contributed by atoms with Gasteiger partial charge in [0.15, 0.2) is 0 Å². The Balaban J connectivity index is 2.18. The first-order valence-electron chi connectivity index (χ1n) is 5.57. The van der Waals surface area contributed by atoms with Gasteiger partial charge in [-0.25, -0.2) is 0 Å². The summed E-state index contributed by atoms with van der Waals surface area (Å²) in [6, 6.07) is 10.1. The van der Waals surface area contributed by atoms with Crippen LogP contribution in [0.2, 0.25) is 0 Å². The molecule has 84 valence electrons. The summed E-state index contributed by atoms with van der Waals surface area (Å²) in [6.45, 7) is 0. The highest BCUT2D eigenvalue weighted by atomic mass is 15.2. The Morgan fingerprint density at radius 2 is 1.88 bits per heavy atom. The molecule has 0 aliphatic carbocycles. The van der Waals surface area contributed by atoms with Crippen molar-refractivity contribution in [3.63, 3.8) is 0 Å². The molecular formula is C13H12N4. The fourth-order valence-corrected chi connectivity index (χ4v) is 2.00. The summed E-state index contributed by atoms with van der Waals surface area (Å²) in [6.07, 6.45) is 3.39. The Hall–Kier alpha value is -2.23. The third-order valence-corrected chi connectivity index (χ3v) is 2.86. The Bertz CT molecular complexity index is 623. The highest BCUT2D eigenvalue weighted by Gasteiger charge is 2.12. The fourth-order valence-electron chi connectivity index (χ4n) is 2.00. The molecule has 2 N–H and O–H groups in total. The Kier molecular flexibility index (Phi) is 2.33. The number of rotatable bonds is 1. The number of pyridine rings is 1. The van der Waals surface area contributed by atoms with Gasteiger partial charge in [-0.05, 0) is 12.5 Å². The van der Waals surface area contributed by atoms with E-state index in [4.69, 9.17) is 5.73 Å². The van der Waals surface area contributed by atoms with Crippen LogP contribution in [0.4, 0.5) is 0 Å². The molecule has 1 aromatic heterocycles. The quantitative estimate of drug-likeness (QED) is 0.806. The zero-order valence-corrected chi connectivity index (χ0v) is 9.30. The molecule has 4 nitrogen and oxygen atoms in total. The van der Waals surface area contributed by atoms with Crippen molar-refractivity contribution in [3.8, 4) is 0 Å². The number of amidine groups is 1. The number of hydrogen-bond donors (Lipinski definition) is 1. The average molecular weight is 224 g/mol. The van der Waals surface area contributed by atoms with Gasteiger partial charge in [0.1, 0.15) is 5.84 Å². The van der Waals surface area contributed by atoms with Crippen LogP contribution in [0.25, 0.3) is 10.9 Å². The van der Waals surface area contributed by atoms with Crippen LogP contribution in [0, 0.1) is 0 Å².